The molecule has 3 N–H and O–H groups in total. The van der Waals surface area contributed by atoms with Crippen molar-refractivity contribution < 1.29 is 14.3 Å². The molecule has 0 saturated heterocycles. The average molecular weight is 298 g/mol. The van der Waals surface area contributed by atoms with E-state index >= 15 is 0 Å². The van der Waals surface area contributed by atoms with Gasteiger partial charge in [0.25, 0.3) is 0 Å². The minimum Gasteiger partial charge on any atom is -0.469 e. The molecule has 0 aliphatic carbocycles. The molecule has 0 aliphatic rings. The molecular weight excluding hydrogens is 280 g/mol. The van der Waals surface area contributed by atoms with E-state index < -0.39 is 0 Å². The first kappa shape index (κ1) is 15.6. The predicted molar refractivity (Wildman–Crippen MR) is 85.4 cm³/mol. The second-order valence-corrected chi connectivity index (χ2v) is 4.92. The Morgan fingerprint density at radius 2 is 1.50 bits per heavy atom. The van der Waals surface area contributed by atoms with Crippen LogP contribution < -0.4 is 11.1 Å². The molecule has 5 nitrogen and oxygen atoms in total. The number of esters is 1. The van der Waals surface area contributed by atoms with Crippen molar-refractivity contribution in [1.82, 2.24) is 0 Å². The topological polar surface area (TPSA) is 81.4 Å². The lowest BCUT2D eigenvalue weighted by atomic mass is 10.1. The van der Waals surface area contributed by atoms with Crippen LogP contribution >= 0.6 is 0 Å². The molecule has 2 aromatic carbocycles. The summed E-state index contributed by atoms with van der Waals surface area (Å²) in [6.45, 7) is 0. The van der Waals surface area contributed by atoms with Gasteiger partial charge >= 0.3 is 5.97 Å². The third-order valence-electron chi connectivity index (χ3n) is 3.16. The maximum absolute atomic E-state index is 12.0. The monoisotopic (exact) mass is 298 g/mol. The zero-order chi connectivity index (χ0) is 15.9. The minimum absolute atomic E-state index is 0.106. The first-order chi connectivity index (χ1) is 10.6. The molecule has 0 aromatic heterocycles. The number of nitrogen functional groups attached to an aromatic ring is 1. The summed E-state index contributed by atoms with van der Waals surface area (Å²) in [6, 6.07) is 14.3. The van der Waals surface area contributed by atoms with Crippen molar-refractivity contribution in [2.24, 2.45) is 0 Å². The van der Waals surface area contributed by atoms with E-state index in [9.17, 15) is 9.59 Å². The molecule has 0 aliphatic heterocycles. The van der Waals surface area contributed by atoms with Crippen molar-refractivity contribution in [3.05, 3.63) is 59.7 Å². The van der Waals surface area contributed by atoms with E-state index in [1.165, 1.54) is 7.11 Å². The Morgan fingerprint density at radius 3 is 2.09 bits per heavy atom. The lowest BCUT2D eigenvalue weighted by Gasteiger charge is -2.07. The first-order valence-corrected chi connectivity index (χ1v) is 6.87. The van der Waals surface area contributed by atoms with Crippen molar-refractivity contribution >= 4 is 23.3 Å². The largest absolute Gasteiger partial charge is 0.469 e. The second-order valence-electron chi connectivity index (χ2n) is 4.92. The zero-order valence-corrected chi connectivity index (χ0v) is 12.3. The second kappa shape index (κ2) is 7.26. The number of hydrogen-bond acceptors (Lipinski definition) is 4. The highest BCUT2D eigenvalue weighted by Gasteiger charge is 2.06. The van der Waals surface area contributed by atoms with E-state index in [-0.39, 0.29) is 24.7 Å². The quantitative estimate of drug-likeness (QED) is 0.654. The number of methoxy groups -OCH3 is 1. The minimum atomic E-state index is -0.292. The summed E-state index contributed by atoms with van der Waals surface area (Å²) < 4.78 is 4.61. The Hall–Kier alpha value is -2.82. The fourth-order valence-electron chi connectivity index (χ4n) is 1.97. The third kappa shape index (κ3) is 4.63. The number of nitrogens with one attached hydrogen (secondary N) is 1. The molecule has 0 atom stereocenters. The van der Waals surface area contributed by atoms with E-state index in [4.69, 9.17) is 5.73 Å². The van der Waals surface area contributed by atoms with E-state index in [1.54, 1.807) is 36.4 Å². The molecule has 5 heteroatoms. The third-order valence-corrected chi connectivity index (χ3v) is 3.16. The van der Waals surface area contributed by atoms with Gasteiger partial charge in [-0.2, -0.15) is 0 Å². The lowest BCUT2D eigenvalue weighted by Crippen LogP contribution is -2.14. The molecule has 22 heavy (non-hydrogen) atoms. The van der Waals surface area contributed by atoms with Crippen LogP contribution in [0.3, 0.4) is 0 Å². The van der Waals surface area contributed by atoms with E-state index in [2.05, 4.69) is 10.1 Å². The molecule has 1 amide bonds. The van der Waals surface area contributed by atoms with Crippen LogP contribution in [0.25, 0.3) is 0 Å². The van der Waals surface area contributed by atoms with Gasteiger partial charge in [-0.05, 0) is 35.4 Å². The van der Waals surface area contributed by atoms with Gasteiger partial charge in [0.05, 0.1) is 20.0 Å². The van der Waals surface area contributed by atoms with Crippen molar-refractivity contribution in [3.63, 3.8) is 0 Å². The molecule has 114 valence electrons. The van der Waals surface area contributed by atoms with Crippen LogP contribution in [-0.2, 0) is 27.2 Å². The van der Waals surface area contributed by atoms with Crippen LogP contribution in [0.5, 0.6) is 0 Å². The number of nitrogens with two attached hydrogens (primary N) is 1. The van der Waals surface area contributed by atoms with Crippen LogP contribution in [0, 0.1) is 0 Å². The summed E-state index contributed by atoms with van der Waals surface area (Å²) in [5.41, 5.74) is 8.70. The fourth-order valence-corrected chi connectivity index (χ4v) is 1.97. The molecule has 0 bridgehead atoms. The van der Waals surface area contributed by atoms with E-state index in [0.29, 0.717) is 11.4 Å². The van der Waals surface area contributed by atoms with Crippen LogP contribution in [0.2, 0.25) is 0 Å². The summed E-state index contributed by atoms with van der Waals surface area (Å²) in [5, 5.41) is 2.81. The highest BCUT2D eigenvalue weighted by atomic mass is 16.5. The summed E-state index contributed by atoms with van der Waals surface area (Å²) in [6.07, 6.45) is 0.500. The number of benzene rings is 2. The van der Waals surface area contributed by atoms with Crippen molar-refractivity contribution in [2.45, 2.75) is 12.8 Å². The van der Waals surface area contributed by atoms with Gasteiger partial charge in [0.15, 0.2) is 0 Å². The first-order valence-electron chi connectivity index (χ1n) is 6.87. The van der Waals surface area contributed by atoms with Gasteiger partial charge < -0.3 is 15.8 Å². The Kier molecular flexibility index (Phi) is 5.14. The Balaban J connectivity index is 1.91. The number of carbonyl (C=O) groups excluding carboxylic acids is 2. The molecular formula is C17H18N2O3. The number of rotatable bonds is 5. The summed E-state index contributed by atoms with van der Waals surface area (Å²) >= 11 is 0. The zero-order valence-electron chi connectivity index (χ0n) is 12.3. The molecule has 0 heterocycles. The van der Waals surface area contributed by atoms with Gasteiger partial charge in [-0.15, -0.1) is 0 Å². The number of carbonyl (C=O) groups is 2. The number of ether oxygens (including phenoxy) is 1. The van der Waals surface area contributed by atoms with Gasteiger partial charge in [-0.3, -0.25) is 9.59 Å². The molecule has 0 fully saturated rings. The summed E-state index contributed by atoms with van der Waals surface area (Å²) in [7, 11) is 1.36. The fraction of sp³-hybridized carbons (Fsp3) is 0.176. The smallest absolute Gasteiger partial charge is 0.309 e. The highest BCUT2D eigenvalue weighted by molar-refractivity contribution is 5.92. The van der Waals surface area contributed by atoms with E-state index in [0.717, 1.165) is 11.1 Å². The van der Waals surface area contributed by atoms with Crippen molar-refractivity contribution in [2.75, 3.05) is 18.2 Å². The van der Waals surface area contributed by atoms with Gasteiger partial charge in [-0.1, -0.05) is 24.3 Å². The average Bonchev–Trinajstić information content (AvgIpc) is 2.51. The van der Waals surface area contributed by atoms with Gasteiger partial charge in [0.2, 0.25) is 5.91 Å². The Morgan fingerprint density at radius 1 is 0.955 bits per heavy atom. The number of hydrogen-bond donors (Lipinski definition) is 2. The van der Waals surface area contributed by atoms with Crippen LogP contribution in [0.15, 0.2) is 48.5 Å². The Bertz CT molecular complexity index is 649. The molecule has 2 rings (SSSR count). The maximum Gasteiger partial charge on any atom is 0.309 e. The summed E-state index contributed by atoms with van der Waals surface area (Å²) in [4.78, 5) is 23.1. The van der Waals surface area contributed by atoms with Gasteiger partial charge in [0.1, 0.15) is 0 Å². The molecule has 0 unspecified atom stereocenters. The lowest BCUT2D eigenvalue weighted by molar-refractivity contribution is -0.139. The standard InChI is InChI=1S/C17H18N2O3/c1-22-17(21)11-13-4-8-15(9-5-13)19-16(20)10-12-2-6-14(18)7-3-12/h2-9H,10-11,18H2,1H3,(H,19,20). The molecule has 0 saturated carbocycles. The van der Waals surface area contributed by atoms with Crippen LogP contribution in [0.4, 0.5) is 11.4 Å². The maximum atomic E-state index is 12.0. The van der Waals surface area contributed by atoms with Crippen LogP contribution in [-0.4, -0.2) is 19.0 Å². The SMILES string of the molecule is COC(=O)Cc1ccc(NC(=O)Cc2ccc(N)cc2)cc1. The summed E-state index contributed by atoms with van der Waals surface area (Å²) in [5.74, 6) is -0.398. The highest BCUT2D eigenvalue weighted by Crippen LogP contribution is 2.12. The van der Waals surface area contributed by atoms with Crippen LogP contribution in [0.1, 0.15) is 11.1 Å². The molecule has 2 aromatic rings. The van der Waals surface area contributed by atoms with Crippen molar-refractivity contribution in [1.29, 1.82) is 0 Å². The van der Waals surface area contributed by atoms with Crippen molar-refractivity contribution in [3.8, 4) is 0 Å². The van der Waals surface area contributed by atoms with Gasteiger partial charge in [0, 0.05) is 11.4 Å². The number of amides is 1. The molecule has 0 spiro atoms. The number of anilines is 2. The molecule has 0 radical (unpaired) electrons. The predicted octanol–water partition coefficient (Wildman–Crippen LogP) is 2.17. The normalized spacial score (nSPS) is 10.0. The van der Waals surface area contributed by atoms with E-state index in [1.807, 2.05) is 12.1 Å². The Labute approximate surface area is 129 Å². The van der Waals surface area contributed by atoms with Gasteiger partial charge in [-0.25, -0.2) is 0 Å².